The molecule has 2 fully saturated rings. The molecule has 1 saturated carbocycles. The lowest BCUT2D eigenvalue weighted by Gasteiger charge is -2.16. The molecule has 1 heterocycles. The van der Waals surface area contributed by atoms with Gasteiger partial charge in [-0.05, 0) is 24.5 Å². The zero-order valence-corrected chi connectivity index (χ0v) is 16.1. The van der Waals surface area contributed by atoms with Crippen molar-refractivity contribution in [1.29, 1.82) is 0 Å². The molecule has 7 heteroatoms. The Morgan fingerprint density at radius 1 is 1.24 bits per heavy atom. The van der Waals surface area contributed by atoms with Gasteiger partial charge in [-0.3, -0.25) is 4.79 Å². The summed E-state index contributed by atoms with van der Waals surface area (Å²) in [4.78, 5) is 14.0. The summed E-state index contributed by atoms with van der Waals surface area (Å²) in [6.45, 7) is 1.67. The lowest BCUT2D eigenvalue weighted by molar-refractivity contribution is -0.129. The average Bonchev–Trinajstić information content (AvgIpc) is 3.35. The van der Waals surface area contributed by atoms with E-state index in [2.05, 4.69) is 5.32 Å². The van der Waals surface area contributed by atoms with Crippen LogP contribution in [0.1, 0.15) is 29.9 Å². The Hall–Kier alpha value is -2.51. The highest BCUT2D eigenvalue weighted by molar-refractivity contribution is 5.78. The molecule has 3 atom stereocenters. The highest BCUT2D eigenvalue weighted by Gasteiger charge is 2.41. The molecule has 4 rings (SSSR count). The van der Waals surface area contributed by atoms with Gasteiger partial charge in [-0.1, -0.05) is 30.3 Å². The number of nitrogens with one attached hydrogen (secondary N) is 1. The number of benzene rings is 2. The minimum absolute atomic E-state index is 0.00416. The van der Waals surface area contributed by atoms with Crippen LogP contribution in [-0.2, 0) is 11.4 Å². The summed E-state index contributed by atoms with van der Waals surface area (Å²) < 4.78 is 34.0. The van der Waals surface area contributed by atoms with Gasteiger partial charge in [-0.2, -0.15) is 0 Å². The van der Waals surface area contributed by atoms with Crippen molar-refractivity contribution in [2.24, 2.45) is 5.73 Å². The van der Waals surface area contributed by atoms with Crippen molar-refractivity contribution < 1.29 is 18.3 Å². The maximum absolute atomic E-state index is 14.4. The molecule has 1 aliphatic heterocycles. The third kappa shape index (κ3) is 4.74. The minimum Gasteiger partial charge on any atom is -0.486 e. The van der Waals surface area contributed by atoms with E-state index < -0.39 is 11.6 Å². The molecule has 0 bridgehead atoms. The third-order valence-corrected chi connectivity index (χ3v) is 5.55. The highest BCUT2D eigenvalue weighted by atomic mass is 19.1. The monoisotopic (exact) mass is 401 g/mol. The van der Waals surface area contributed by atoms with Crippen molar-refractivity contribution in [3.63, 3.8) is 0 Å². The summed E-state index contributed by atoms with van der Waals surface area (Å²) in [6, 6.07) is 11.6. The molecular weight excluding hydrogens is 376 g/mol. The summed E-state index contributed by atoms with van der Waals surface area (Å²) >= 11 is 0. The standard InChI is InChI=1S/C22H25F2N3O2/c23-15-8-18(22(19(24)9-15)29-13-14-4-2-1-3-5-14)17-10-20(17)26-11-21(28)27-7-6-16(25)12-27/h1-5,8-9,16-17,20,26H,6-7,10-13,25H2. The molecular formula is C22H25F2N3O2. The number of hydrogen-bond acceptors (Lipinski definition) is 4. The molecule has 3 N–H and O–H groups in total. The number of rotatable bonds is 7. The second kappa shape index (κ2) is 8.47. The van der Waals surface area contributed by atoms with Crippen LogP contribution < -0.4 is 15.8 Å². The van der Waals surface area contributed by atoms with E-state index in [0.29, 0.717) is 25.1 Å². The molecule has 3 unspecified atom stereocenters. The Morgan fingerprint density at radius 2 is 2.03 bits per heavy atom. The number of hydrogen-bond donors (Lipinski definition) is 2. The van der Waals surface area contributed by atoms with E-state index in [0.717, 1.165) is 18.1 Å². The van der Waals surface area contributed by atoms with E-state index in [1.807, 2.05) is 30.3 Å². The molecule has 1 saturated heterocycles. The largest absolute Gasteiger partial charge is 0.486 e. The van der Waals surface area contributed by atoms with Crippen molar-refractivity contribution in [3.8, 4) is 5.75 Å². The van der Waals surface area contributed by atoms with Gasteiger partial charge in [0.1, 0.15) is 12.4 Å². The van der Waals surface area contributed by atoms with Crippen LogP contribution in [0.3, 0.4) is 0 Å². The molecule has 2 aromatic carbocycles. The number of carbonyl (C=O) groups excluding carboxylic acids is 1. The summed E-state index contributed by atoms with van der Waals surface area (Å²) in [5, 5.41) is 3.20. The van der Waals surface area contributed by atoms with Crippen molar-refractivity contribution >= 4 is 5.91 Å². The number of halogens is 2. The first-order chi connectivity index (χ1) is 14.0. The zero-order chi connectivity index (χ0) is 20.4. The SMILES string of the molecule is NC1CCN(C(=O)CNC2CC2c2cc(F)cc(F)c2OCc2ccccc2)C1. The number of nitrogens with zero attached hydrogens (tertiary/aromatic N) is 1. The van der Waals surface area contributed by atoms with Gasteiger partial charge in [0.15, 0.2) is 11.6 Å². The topological polar surface area (TPSA) is 67.6 Å². The van der Waals surface area contributed by atoms with Crippen LogP contribution in [0.2, 0.25) is 0 Å². The second-order valence-electron chi connectivity index (χ2n) is 7.80. The van der Waals surface area contributed by atoms with E-state index >= 15 is 0 Å². The molecule has 29 heavy (non-hydrogen) atoms. The van der Waals surface area contributed by atoms with Gasteiger partial charge in [0.2, 0.25) is 5.91 Å². The molecule has 2 aliphatic rings. The maximum atomic E-state index is 14.4. The van der Waals surface area contributed by atoms with Crippen LogP contribution in [-0.4, -0.2) is 42.5 Å². The second-order valence-corrected chi connectivity index (χ2v) is 7.80. The predicted molar refractivity (Wildman–Crippen MR) is 105 cm³/mol. The molecule has 1 amide bonds. The van der Waals surface area contributed by atoms with Crippen molar-refractivity contribution in [1.82, 2.24) is 10.2 Å². The van der Waals surface area contributed by atoms with Crippen LogP contribution in [0.5, 0.6) is 5.75 Å². The Kier molecular flexibility index (Phi) is 5.78. The number of likely N-dealkylation sites (tertiary alicyclic amines) is 1. The lowest BCUT2D eigenvalue weighted by atomic mass is 10.1. The Bertz CT molecular complexity index is 878. The minimum atomic E-state index is -0.705. The number of amides is 1. The van der Waals surface area contributed by atoms with Crippen LogP contribution >= 0.6 is 0 Å². The smallest absolute Gasteiger partial charge is 0.236 e. The van der Waals surface area contributed by atoms with Gasteiger partial charge in [0.05, 0.1) is 6.54 Å². The lowest BCUT2D eigenvalue weighted by Crippen LogP contribution is -2.39. The summed E-state index contributed by atoms with van der Waals surface area (Å²) in [5.41, 5.74) is 7.26. The van der Waals surface area contributed by atoms with Crippen molar-refractivity contribution in [3.05, 3.63) is 65.2 Å². The highest BCUT2D eigenvalue weighted by Crippen LogP contribution is 2.46. The number of ether oxygens (including phenoxy) is 1. The van der Waals surface area contributed by atoms with E-state index in [4.69, 9.17) is 10.5 Å². The molecule has 154 valence electrons. The number of carbonyl (C=O) groups is 1. The summed E-state index contributed by atoms with van der Waals surface area (Å²) in [7, 11) is 0. The molecule has 5 nitrogen and oxygen atoms in total. The first-order valence-electron chi connectivity index (χ1n) is 9.93. The molecule has 1 aliphatic carbocycles. The summed E-state index contributed by atoms with van der Waals surface area (Å²) in [5.74, 6) is -1.32. The first-order valence-corrected chi connectivity index (χ1v) is 9.93. The first kappa shape index (κ1) is 19.8. The third-order valence-electron chi connectivity index (χ3n) is 5.55. The van der Waals surface area contributed by atoms with Crippen molar-refractivity contribution in [2.75, 3.05) is 19.6 Å². The zero-order valence-electron chi connectivity index (χ0n) is 16.1. The Labute approximate surface area is 168 Å². The molecule has 0 spiro atoms. The normalized spacial score (nSPS) is 23.3. The Morgan fingerprint density at radius 3 is 2.76 bits per heavy atom. The van der Waals surface area contributed by atoms with Gasteiger partial charge in [-0.15, -0.1) is 0 Å². The van der Waals surface area contributed by atoms with E-state index in [1.165, 1.54) is 6.07 Å². The quantitative estimate of drug-likeness (QED) is 0.748. The summed E-state index contributed by atoms with van der Waals surface area (Å²) in [6.07, 6.45) is 1.53. The molecule has 2 aromatic rings. The van der Waals surface area contributed by atoms with Gasteiger partial charge in [0, 0.05) is 42.7 Å². The van der Waals surface area contributed by atoms with E-state index in [1.54, 1.807) is 4.90 Å². The van der Waals surface area contributed by atoms with Crippen LogP contribution in [0.15, 0.2) is 42.5 Å². The maximum Gasteiger partial charge on any atom is 0.236 e. The molecule has 0 aromatic heterocycles. The fraction of sp³-hybridized carbons (Fsp3) is 0.409. The van der Waals surface area contributed by atoms with E-state index in [-0.39, 0.29) is 42.8 Å². The predicted octanol–water partition coefficient (Wildman–Crippen LogP) is 2.55. The number of nitrogens with two attached hydrogens (primary N) is 1. The van der Waals surface area contributed by atoms with Gasteiger partial charge < -0.3 is 20.7 Å². The average molecular weight is 401 g/mol. The Balaban J connectivity index is 1.38. The fourth-order valence-electron chi connectivity index (χ4n) is 3.85. The van der Waals surface area contributed by atoms with Crippen molar-refractivity contribution in [2.45, 2.75) is 37.5 Å². The van der Waals surface area contributed by atoms with Gasteiger partial charge >= 0.3 is 0 Å². The van der Waals surface area contributed by atoms with Crippen LogP contribution in [0.25, 0.3) is 0 Å². The van der Waals surface area contributed by atoms with Gasteiger partial charge in [-0.25, -0.2) is 8.78 Å². The fourth-order valence-corrected chi connectivity index (χ4v) is 3.85. The van der Waals surface area contributed by atoms with Crippen LogP contribution in [0, 0.1) is 11.6 Å². The molecule has 0 radical (unpaired) electrons. The van der Waals surface area contributed by atoms with Crippen LogP contribution in [0.4, 0.5) is 8.78 Å². The van der Waals surface area contributed by atoms with Gasteiger partial charge in [0.25, 0.3) is 0 Å². The van der Waals surface area contributed by atoms with E-state index in [9.17, 15) is 13.6 Å².